The summed E-state index contributed by atoms with van der Waals surface area (Å²) in [6, 6.07) is 21.6. The van der Waals surface area contributed by atoms with Crippen molar-refractivity contribution in [3.05, 3.63) is 77.8 Å². The lowest BCUT2D eigenvalue weighted by Gasteiger charge is -2.13. The van der Waals surface area contributed by atoms with Gasteiger partial charge in [-0.25, -0.2) is 4.68 Å². The molecule has 0 aliphatic carbocycles. The van der Waals surface area contributed by atoms with Gasteiger partial charge in [0.25, 0.3) is 0 Å². The molecular weight excluding hydrogens is 462 g/mol. The van der Waals surface area contributed by atoms with Crippen molar-refractivity contribution in [1.82, 2.24) is 14.9 Å². The number of anilines is 1. The van der Waals surface area contributed by atoms with Crippen molar-refractivity contribution in [2.75, 3.05) is 24.0 Å². The van der Waals surface area contributed by atoms with Crippen LogP contribution in [-0.4, -0.2) is 33.6 Å². The first-order valence-electron chi connectivity index (χ1n) is 9.84. The van der Waals surface area contributed by atoms with E-state index >= 15 is 0 Å². The van der Waals surface area contributed by atoms with Crippen molar-refractivity contribution >= 4 is 35.0 Å². The molecule has 10 heteroatoms. The molecule has 4 rings (SSSR count). The maximum Gasteiger partial charge on any atom is 0.234 e. The number of aromatic nitrogens is 3. The highest BCUT2D eigenvalue weighted by atomic mass is 35.5. The van der Waals surface area contributed by atoms with E-state index in [1.807, 2.05) is 54.6 Å². The number of benzene rings is 3. The third-order valence-electron chi connectivity index (χ3n) is 4.53. The van der Waals surface area contributed by atoms with Crippen molar-refractivity contribution in [2.24, 2.45) is 0 Å². The van der Waals surface area contributed by atoms with E-state index in [0.29, 0.717) is 44.5 Å². The summed E-state index contributed by atoms with van der Waals surface area (Å²) < 4.78 is 12.6. The Bertz CT molecular complexity index is 1270. The fourth-order valence-corrected chi connectivity index (χ4v) is 3.84. The second-order valence-corrected chi connectivity index (χ2v) is 8.15. The van der Waals surface area contributed by atoms with Gasteiger partial charge in [0, 0.05) is 5.02 Å². The Morgan fingerprint density at radius 1 is 1.06 bits per heavy atom. The summed E-state index contributed by atoms with van der Waals surface area (Å²) in [6.45, 7) is 0. The molecular formula is C23H20ClN5O3S. The van der Waals surface area contributed by atoms with E-state index in [1.165, 1.54) is 4.68 Å². The van der Waals surface area contributed by atoms with Gasteiger partial charge in [-0.3, -0.25) is 4.79 Å². The third-order valence-corrected chi connectivity index (χ3v) is 5.71. The van der Waals surface area contributed by atoms with Crippen LogP contribution in [0.3, 0.4) is 0 Å². The van der Waals surface area contributed by atoms with Crippen LogP contribution in [-0.2, 0) is 4.79 Å². The highest BCUT2D eigenvalue weighted by Crippen LogP contribution is 2.33. The predicted molar refractivity (Wildman–Crippen MR) is 129 cm³/mol. The number of nitrogens with one attached hydrogen (secondary N) is 1. The molecule has 0 saturated heterocycles. The molecule has 8 nitrogen and oxygen atoms in total. The average Bonchev–Trinajstić information content (AvgIpc) is 3.20. The Kier molecular flexibility index (Phi) is 7.01. The van der Waals surface area contributed by atoms with Crippen LogP contribution in [0.4, 0.5) is 5.69 Å². The second-order valence-electron chi connectivity index (χ2n) is 6.77. The van der Waals surface area contributed by atoms with Gasteiger partial charge >= 0.3 is 0 Å². The molecule has 3 aromatic carbocycles. The Morgan fingerprint density at radius 2 is 1.82 bits per heavy atom. The number of carbonyl (C=O) groups is 1. The summed E-state index contributed by atoms with van der Waals surface area (Å²) in [5, 5.41) is 11.9. The summed E-state index contributed by atoms with van der Waals surface area (Å²) in [6.07, 6.45) is 0. The van der Waals surface area contributed by atoms with Crippen LogP contribution in [0, 0.1) is 0 Å². The molecule has 3 N–H and O–H groups in total. The molecule has 0 spiro atoms. The molecule has 1 amide bonds. The number of methoxy groups -OCH3 is 1. The highest BCUT2D eigenvalue weighted by Gasteiger charge is 2.17. The van der Waals surface area contributed by atoms with Gasteiger partial charge in [0.2, 0.25) is 11.1 Å². The highest BCUT2D eigenvalue weighted by molar-refractivity contribution is 7.99. The zero-order valence-electron chi connectivity index (χ0n) is 17.6. The lowest BCUT2D eigenvalue weighted by Crippen LogP contribution is -2.17. The number of thioether (sulfide) groups is 1. The standard InChI is InChI=1S/C23H20ClN5O3S/c1-31-19-10-6-5-9-17(19)22-27-28-23(29(22)25)33-14-21(30)26-18-13-15(24)11-12-20(18)32-16-7-3-2-4-8-16/h2-13H,14,25H2,1H3,(H,26,30). The lowest BCUT2D eigenvalue weighted by molar-refractivity contribution is -0.113. The van der Waals surface area contributed by atoms with E-state index in [9.17, 15) is 4.79 Å². The van der Waals surface area contributed by atoms with Crippen LogP contribution in [0.5, 0.6) is 17.2 Å². The topological polar surface area (TPSA) is 104 Å². The van der Waals surface area contributed by atoms with Crippen LogP contribution in [0.15, 0.2) is 78.0 Å². The first-order chi connectivity index (χ1) is 16.0. The third kappa shape index (κ3) is 5.39. The van der Waals surface area contributed by atoms with E-state index in [-0.39, 0.29) is 11.7 Å². The minimum Gasteiger partial charge on any atom is -0.496 e. The summed E-state index contributed by atoms with van der Waals surface area (Å²) in [4.78, 5) is 12.6. The van der Waals surface area contributed by atoms with E-state index in [0.717, 1.165) is 11.8 Å². The van der Waals surface area contributed by atoms with Gasteiger partial charge in [0.15, 0.2) is 11.6 Å². The fourth-order valence-electron chi connectivity index (χ4n) is 3.01. The maximum atomic E-state index is 12.6. The molecule has 0 saturated carbocycles. The zero-order chi connectivity index (χ0) is 23.2. The molecule has 33 heavy (non-hydrogen) atoms. The zero-order valence-corrected chi connectivity index (χ0v) is 19.1. The van der Waals surface area contributed by atoms with Crippen molar-refractivity contribution in [1.29, 1.82) is 0 Å². The van der Waals surface area contributed by atoms with E-state index in [4.69, 9.17) is 26.9 Å². The first kappa shape index (κ1) is 22.5. The van der Waals surface area contributed by atoms with Gasteiger partial charge < -0.3 is 20.6 Å². The number of carbonyl (C=O) groups excluding carboxylic acids is 1. The number of hydrogen-bond donors (Lipinski definition) is 2. The first-order valence-corrected chi connectivity index (χ1v) is 11.2. The quantitative estimate of drug-likeness (QED) is 0.274. The summed E-state index contributed by atoms with van der Waals surface area (Å²) in [7, 11) is 1.57. The number of nitrogen functional groups attached to an aromatic ring is 1. The minimum atomic E-state index is -0.276. The Hall–Kier alpha value is -3.69. The molecule has 1 aromatic heterocycles. The number of nitrogens with two attached hydrogens (primary N) is 1. The predicted octanol–water partition coefficient (Wildman–Crippen LogP) is 4.84. The summed E-state index contributed by atoms with van der Waals surface area (Å²) in [5.41, 5.74) is 1.16. The summed E-state index contributed by atoms with van der Waals surface area (Å²) >= 11 is 7.28. The van der Waals surface area contributed by atoms with Crippen LogP contribution in [0.1, 0.15) is 0 Å². The van der Waals surface area contributed by atoms with Gasteiger partial charge in [-0.05, 0) is 42.5 Å². The molecule has 0 aliphatic heterocycles. The van der Waals surface area contributed by atoms with Gasteiger partial charge in [0.05, 0.1) is 24.1 Å². The Labute approximate surface area is 199 Å². The number of hydrogen-bond acceptors (Lipinski definition) is 7. The molecule has 0 unspecified atom stereocenters. The SMILES string of the molecule is COc1ccccc1-c1nnc(SCC(=O)Nc2cc(Cl)ccc2Oc2ccccc2)n1N. The maximum absolute atomic E-state index is 12.6. The number of amides is 1. The van der Waals surface area contributed by atoms with Gasteiger partial charge in [-0.1, -0.05) is 53.7 Å². The van der Waals surface area contributed by atoms with Crippen molar-refractivity contribution in [3.63, 3.8) is 0 Å². The normalized spacial score (nSPS) is 10.6. The van der Waals surface area contributed by atoms with Crippen LogP contribution >= 0.6 is 23.4 Å². The molecule has 0 fully saturated rings. The number of halogens is 1. The van der Waals surface area contributed by atoms with Crippen LogP contribution in [0.2, 0.25) is 5.02 Å². The number of para-hydroxylation sites is 2. The number of nitrogens with zero attached hydrogens (tertiary/aromatic N) is 3. The molecule has 0 radical (unpaired) electrons. The number of ether oxygens (including phenoxy) is 2. The number of rotatable bonds is 8. The molecule has 4 aromatic rings. The summed E-state index contributed by atoms with van der Waals surface area (Å²) in [5.74, 6) is 8.13. The monoisotopic (exact) mass is 481 g/mol. The van der Waals surface area contributed by atoms with Gasteiger partial charge in [-0.2, -0.15) is 0 Å². The van der Waals surface area contributed by atoms with E-state index in [2.05, 4.69) is 15.5 Å². The Balaban J connectivity index is 1.44. The second kappa shape index (κ2) is 10.3. The molecule has 0 aliphatic rings. The minimum absolute atomic E-state index is 0.0541. The Morgan fingerprint density at radius 3 is 2.61 bits per heavy atom. The van der Waals surface area contributed by atoms with E-state index < -0.39 is 0 Å². The van der Waals surface area contributed by atoms with Crippen LogP contribution < -0.4 is 20.6 Å². The van der Waals surface area contributed by atoms with Crippen molar-refractivity contribution in [2.45, 2.75) is 5.16 Å². The van der Waals surface area contributed by atoms with Crippen molar-refractivity contribution < 1.29 is 14.3 Å². The molecule has 168 valence electrons. The largest absolute Gasteiger partial charge is 0.496 e. The van der Waals surface area contributed by atoms with E-state index in [1.54, 1.807) is 25.3 Å². The van der Waals surface area contributed by atoms with Gasteiger partial charge in [-0.15, -0.1) is 10.2 Å². The lowest BCUT2D eigenvalue weighted by atomic mass is 10.2. The van der Waals surface area contributed by atoms with Gasteiger partial charge in [0.1, 0.15) is 11.5 Å². The smallest absolute Gasteiger partial charge is 0.234 e. The molecule has 0 atom stereocenters. The van der Waals surface area contributed by atoms with Crippen molar-refractivity contribution in [3.8, 4) is 28.6 Å². The fraction of sp³-hybridized carbons (Fsp3) is 0.0870. The molecule has 0 bridgehead atoms. The molecule has 1 heterocycles. The average molecular weight is 482 g/mol. The van der Waals surface area contributed by atoms with Crippen LogP contribution in [0.25, 0.3) is 11.4 Å².